The molecule has 0 unspecified atom stereocenters. The van der Waals surface area contributed by atoms with Crippen LogP contribution in [0.15, 0.2) is 0 Å². The maximum Gasteiger partial charge on any atom is 0.306 e. The van der Waals surface area contributed by atoms with Crippen molar-refractivity contribution in [2.24, 2.45) is 5.92 Å². The summed E-state index contributed by atoms with van der Waals surface area (Å²) in [6, 6.07) is 0. The van der Waals surface area contributed by atoms with Crippen LogP contribution in [-0.2, 0) is 28.6 Å². The molecule has 0 amide bonds. The average Bonchev–Trinajstić information content (AvgIpc) is 3.22. The molecule has 0 N–H and O–H groups in total. The predicted molar refractivity (Wildman–Crippen MR) is 252 cm³/mol. The molecule has 6 nitrogen and oxygen atoms in total. The normalized spacial score (nSPS) is 11.9. The predicted octanol–water partition coefficient (Wildman–Crippen LogP) is 17.1. The van der Waals surface area contributed by atoms with Gasteiger partial charge < -0.3 is 14.2 Å². The molecule has 0 heterocycles. The Balaban J connectivity index is 4.29. The molecule has 6 heteroatoms. The number of rotatable bonds is 48. The fraction of sp³-hybridized carbons (Fsp3) is 0.943. The Bertz CT molecular complexity index is 887. The van der Waals surface area contributed by atoms with Crippen molar-refractivity contribution in [3.8, 4) is 0 Å². The van der Waals surface area contributed by atoms with Crippen LogP contribution in [-0.4, -0.2) is 37.2 Å². The van der Waals surface area contributed by atoms with Crippen LogP contribution in [0, 0.1) is 5.92 Å². The summed E-state index contributed by atoms with van der Waals surface area (Å²) in [5.41, 5.74) is 0. The Labute approximate surface area is 368 Å². The second-order valence-electron chi connectivity index (χ2n) is 18.6. The maximum atomic E-state index is 12.8. The summed E-state index contributed by atoms with van der Waals surface area (Å²) in [5, 5.41) is 0. The van der Waals surface area contributed by atoms with Gasteiger partial charge in [-0.1, -0.05) is 259 Å². The van der Waals surface area contributed by atoms with E-state index >= 15 is 0 Å². The molecule has 1 atom stereocenters. The van der Waals surface area contributed by atoms with Gasteiger partial charge in [0.15, 0.2) is 6.10 Å². The molecule has 0 aliphatic carbocycles. The molecule has 0 saturated heterocycles. The van der Waals surface area contributed by atoms with E-state index in [1.807, 2.05) is 0 Å². The standard InChI is InChI=1S/C53H102O6/c1-5-7-9-11-13-15-17-19-20-21-22-24-26-28-34-38-42-46-53(56)59-50(48-58-52(55)45-41-37-33-30-29-31-35-39-43-49(3)4)47-57-51(54)44-40-36-32-27-25-23-18-16-14-12-10-8-6-2/h49-50H,5-48H2,1-4H3/t50-/m1/s1. The molecule has 0 aromatic heterocycles. The van der Waals surface area contributed by atoms with Crippen LogP contribution >= 0.6 is 0 Å². The van der Waals surface area contributed by atoms with Gasteiger partial charge in [0.2, 0.25) is 0 Å². The van der Waals surface area contributed by atoms with Crippen molar-refractivity contribution in [1.29, 1.82) is 0 Å². The zero-order valence-electron chi connectivity index (χ0n) is 40.2. The lowest BCUT2D eigenvalue weighted by Crippen LogP contribution is -2.30. The number of ether oxygens (including phenoxy) is 3. The lowest BCUT2D eigenvalue weighted by molar-refractivity contribution is -0.167. The first-order valence-electron chi connectivity index (χ1n) is 26.4. The quantitative estimate of drug-likeness (QED) is 0.0345. The van der Waals surface area contributed by atoms with Gasteiger partial charge in [0.25, 0.3) is 0 Å². The molecule has 0 spiro atoms. The Morgan fingerprint density at radius 1 is 0.322 bits per heavy atom. The minimum absolute atomic E-state index is 0.0630. The number of unbranched alkanes of at least 4 members (excludes halogenated alkanes) is 35. The van der Waals surface area contributed by atoms with Crippen molar-refractivity contribution in [3.63, 3.8) is 0 Å². The largest absolute Gasteiger partial charge is 0.462 e. The molecule has 0 radical (unpaired) electrons. The van der Waals surface area contributed by atoms with Crippen molar-refractivity contribution >= 4 is 17.9 Å². The summed E-state index contributed by atoms with van der Waals surface area (Å²) in [6.07, 6.45) is 49.5. The van der Waals surface area contributed by atoms with E-state index in [9.17, 15) is 14.4 Å². The third-order valence-electron chi connectivity index (χ3n) is 12.0. The van der Waals surface area contributed by atoms with Gasteiger partial charge in [0.1, 0.15) is 13.2 Å². The van der Waals surface area contributed by atoms with Gasteiger partial charge in [-0.15, -0.1) is 0 Å². The third-order valence-corrected chi connectivity index (χ3v) is 12.0. The molecule has 0 rings (SSSR count). The number of esters is 3. The first-order valence-corrected chi connectivity index (χ1v) is 26.4. The van der Waals surface area contributed by atoms with E-state index in [4.69, 9.17) is 14.2 Å². The van der Waals surface area contributed by atoms with E-state index in [0.29, 0.717) is 19.3 Å². The topological polar surface area (TPSA) is 78.9 Å². The van der Waals surface area contributed by atoms with Crippen LogP contribution in [0.5, 0.6) is 0 Å². The number of carbonyl (C=O) groups is 3. The summed E-state index contributed by atoms with van der Waals surface area (Å²) in [5.74, 6) is -0.0483. The monoisotopic (exact) mass is 835 g/mol. The fourth-order valence-electron chi connectivity index (χ4n) is 8.04. The number of carbonyl (C=O) groups excluding carboxylic acids is 3. The summed E-state index contributed by atoms with van der Waals surface area (Å²) in [4.78, 5) is 37.9. The van der Waals surface area contributed by atoms with E-state index < -0.39 is 6.10 Å². The van der Waals surface area contributed by atoms with E-state index in [2.05, 4.69) is 27.7 Å². The molecule has 0 aromatic rings. The second-order valence-corrected chi connectivity index (χ2v) is 18.6. The van der Waals surface area contributed by atoms with Crippen LogP contribution in [0.2, 0.25) is 0 Å². The summed E-state index contributed by atoms with van der Waals surface area (Å²) < 4.78 is 16.8. The number of hydrogen-bond acceptors (Lipinski definition) is 6. The zero-order chi connectivity index (χ0) is 43.1. The third kappa shape index (κ3) is 47.3. The summed E-state index contributed by atoms with van der Waals surface area (Å²) in [7, 11) is 0. The van der Waals surface area contributed by atoms with E-state index in [-0.39, 0.29) is 31.1 Å². The van der Waals surface area contributed by atoms with Crippen LogP contribution in [0.3, 0.4) is 0 Å². The average molecular weight is 835 g/mol. The van der Waals surface area contributed by atoms with Crippen molar-refractivity contribution in [2.45, 2.75) is 303 Å². The van der Waals surface area contributed by atoms with Gasteiger partial charge in [0, 0.05) is 19.3 Å². The zero-order valence-corrected chi connectivity index (χ0v) is 40.2. The van der Waals surface area contributed by atoms with Crippen molar-refractivity contribution in [1.82, 2.24) is 0 Å². The Morgan fingerprint density at radius 3 is 0.831 bits per heavy atom. The highest BCUT2D eigenvalue weighted by Gasteiger charge is 2.19. The SMILES string of the molecule is CCCCCCCCCCCCCCCCCCCC(=O)O[C@H](COC(=O)CCCCCCCCCCCCCCC)COC(=O)CCCCCCCCCCC(C)C. The molecular weight excluding hydrogens is 733 g/mol. The smallest absolute Gasteiger partial charge is 0.306 e. The molecular formula is C53H102O6. The summed E-state index contributed by atoms with van der Waals surface area (Å²) >= 11 is 0. The molecule has 0 saturated carbocycles. The first-order chi connectivity index (χ1) is 28.9. The Hall–Kier alpha value is -1.59. The lowest BCUT2D eigenvalue weighted by atomic mass is 10.0. The molecule has 59 heavy (non-hydrogen) atoms. The van der Waals surface area contributed by atoms with Crippen LogP contribution < -0.4 is 0 Å². The molecule has 0 aliphatic rings. The highest BCUT2D eigenvalue weighted by molar-refractivity contribution is 5.71. The molecule has 0 aromatic carbocycles. The second kappa shape index (κ2) is 47.5. The van der Waals surface area contributed by atoms with Gasteiger partial charge in [-0.2, -0.15) is 0 Å². The van der Waals surface area contributed by atoms with Gasteiger partial charge >= 0.3 is 17.9 Å². The van der Waals surface area contributed by atoms with Crippen molar-refractivity contribution in [2.75, 3.05) is 13.2 Å². The van der Waals surface area contributed by atoms with E-state index in [0.717, 1.165) is 63.7 Å². The highest BCUT2D eigenvalue weighted by atomic mass is 16.6. The maximum absolute atomic E-state index is 12.8. The molecule has 0 bridgehead atoms. The summed E-state index contributed by atoms with van der Waals surface area (Å²) in [6.45, 7) is 9.00. The van der Waals surface area contributed by atoms with Gasteiger partial charge in [-0.05, 0) is 25.2 Å². The van der Waals surface area contributed by atoms with Crippen LogP contribution in [0.4, 0.5) is 0 Å². The van der Waals surface area contributed by atoms with Crippen molar-refractivity contribution in [3.05, 3.63) is 0 Å². The van der Waals surface area contributed by atoms with Crippen LogP contribution in [0.1, 0.15) is 297 Å². The number of hydrogen-bond donors (Lipinski definition) is 0. The minimum atomic E-state index is -0.761. The van der Waals surface area contributed by atoms with Gasteiger partial charge in [-0.3, -0.25) is 14.4 Å². The van der Waals surface area contributed by atoms with E-state index in [1.165, 1.54) is 193 Å². The Morgan fingerprint density at radius 2 is 0.559 bits per heavy atom. The van der Waals surface area contributed by atoms with Gasteiger partial charge in [-0.25, -0.2) is 0 Å². The minimum Gasteiger partial charge on any atom is -0.462 e. The molecule has 0 aliphatic heterocycles. The van der Waals surface area contributed by atoms with E-state index in [1.54, 1.807) is 0 Å². The highest BCUT2D eigenvalue weighted by Crippen LogP contribution is 2.17. The molecule has 350 valence electrons. The van der Waals surface area contributed by atoms with Crippen LogP contribution in [0.25, 0.3) is 0 Å². The molecule has 0 fully saturated rings. The Kier molecular flexibility index (Phi) is 46.2. The fourth-order valence-corrected chi connectivity index (χ4v) is 8.04. The van der Waals surface area contributed by atoms with Gasteiger partial charge in [0.05, 0.1) is 0 Å². The first kappa shape index (κ1) is 57.4. The lowest BCUT2D eigenvalue weighted by Gasteiger charge is -2.18. The van der Waals surface area contributed by atoms with Crippen molar-refractivity contribution < 1.29 is 28.6 Å².